The third-order valence-corrected chi connectivity index (χ3v) is 6.30. The number of carbonyl (C=O) groups excluding carboxylic acids is 1. The van der Waals surface area contributed by atoms with Crippen LogP contribution in [0, 0.1) is 33.8 Å². The summed E-state index contributed by atoms with van der Waals surface area (Å²) in [5.74, 6) is -1.53. The van der Waals surface area contributed by atoms with Gasteiger partial charge in [-0.2, -0.15) is 0 Å². The van der Waals surface area contributed by atoms with Crippen molar-refractivity contribution in [3.63, 3.8) is 0 Å². The average Bonchev–Trinajstić information content (AvgIpc) is 3.21. The Morgan fingerprint density at radius 3 is 2.75 bits per heavy atom. The number of rotatable bonds is 3. The number of amides is 2. The molecule has 148 valence electrons. The van der Waals surface area contributed by atoms with Gasteiger partial charge in [0, 0.05) is 24.2 Å². The zero-order valence-electron chi connectivity index (χ0n) is 15.3. The third kappa shape index (κ3) is 2.83. The molecule has 4 rings (SSSR count). The number of halogens is 2. The maximum absolute atomic E-state index is 14.0. The van der Waals surface area contributed by atoms with Gasteiger partial charge in [0.15, 0.2) is 0 Å². The number of allylic oxidation sites excluding steroid dienone is 2. The Bertz CT molecular complexity index is 880. The normalized spacial score (nSPS) is 30.9. The molecule has 2 saturated carbocycles. The first-order valence-electron chi connectivity index (χ1n) is 9.33. The van der Waals surface area contributed by atoms with Gasteiger partial charge in [0.05, 0.1) is 24.0 Å². The Morgan fingerprint density at radius 2 is 2.07 bits per heavy atom. The number of urea groups is 1. The lowest BCUT2D eigenvalue weighted by Gasteiger charge is -2.42. The van der Waals surface area contributed by atoms with Gasteiger partial charge < -0.3 is 26.2 Å². The van der Waals surface area contributed by atoms with E-state index in [9.17, 15) is 13.6 Å². The lowest BCUT2D eigenvalue weighted by atomic mass is 9.75. The smallest absolute Gasteiger partial charge is 0.314 e. The first kappa shape index (κ1) is 18.7. The second-order valence-corrected chi connectivity index (χ2v) is 7.72. The molecule has 28 heavy (non-hydrogen) atoms. The zero-order valence-corrected chi connectivity index (χ0v) is 15.3. The van der Waals surface area contributed by atoms with Crippen molar-refractivity contribution in [3.05, 3.63) is 47.0 Å². The highest BCUT2D eigenvalue weighted by molar-refractivity contribution is 6.15. The van der Waals surface area contributed by atoms with Crippen LogP contribution < -0.4 is 5.73 Å². The molecule has 1 saturated heterocycles. The van der Waals surface area contributed by atoms with Crippen molar-refractivity contribution in [3.8, 4) is 0 Å². The number of primary amides is 1. The number of hydrogen-bond acceptors (Lipinski definition) is 4. The summed E-state index contributed by atoms with van der Waals surface area (Å²) in [6.07, 6.45) is 3.34. The van der Waals surface area contributed by atoms with Crippen LogP contribution in [0.1, 0.15) is 24.8 Å². The van der Waals surface area contributed by atoms with E-state index in [0.29, 0.717) is 37.4 Å². The number of fused-ring (bicyclic) bond motifs is 2. The standard InChI is InChI=1S/C20H22F2N4O2/c21-13-2-1-3-14(22)17(13)15(23)8-12-11-4-5-20(9-11,18(12)24)16-10-26(19(25)27)6-7-28-16/h1-3,8,11,16,23-24H,4-7,9-10H2,(H2,25,27)/b12-8-,23-15?,24-18?/t11-,16-,20+/m1/s1. The van der Waals surface area contributed by atoms with E-state index in [0.717, 1.165) is 25.0 Å². The molecule has 0 unspecified atom stereocenters. The molecule has 3 aliphatic rings. The van der Waals surface area contributed by atoms with E-state index in [1.54, 1.807) is 0 Å². The monoisotopic (exact) mass is 388 g/mol. The van der Waals surface area contributed by atoms with Crippen LogP contribution in [0.3, 0.4) is 0 Å². The molecule has 1 heterocycles. The first-order valence-corrected chi connectivity index (χ1v) is 9.33. The lowest BCUT2D eigenvalue weighted by molar-refractivity contribution is -0.0590. The van der Waals surface area contributed by atoms with Crippen molar-refractivity contribution in [2.75, 3.05) is 19.7 Å². The molecule has 1 aliphatic heterocycles. The Morgan fingerprint density at radius 1 is 1.36 bits per heavy atom. The van der Waals surface area contributed by atoms with Gasteiger partial charge in [0.1, 0.15) is 11.6 Å². The highest BCUT2D eigenvalue weighted by Crippen LogP contribution is 2.57. The molecule has 0 aromatic heterocycles. The number of benzene rings is 1. The van der Waals surface area contributed by atoms with Crippen LogP contribution in [0.15, 0.2) is 29.8 Å². The highest BCUT2D eigenvalue weighted by Gasteiger charge is 2.57. The maximum atomic E-state index is 14.0. The average molecular weight is 388 g/mol. The topological polar surface area (TPSA) is 103 Å². The minimum absolute atomic E-state index is 0.0511. The maximum Gasteiger partial charge on any atom is 0.314 e. The molecule has 1 aromatic carbocycles. The number of hydrogen-bond donors (Lipinski definition) is 3. The minimum atomic E-state index is -0.793. The summed E-state index contributed by atoms with van der Waals surface area (Å²) in [4.78, 5) is 13.1. The fourth-order valence-electron chi connectivity index (χ4n) is 4.87. The minimum Gasteiger partial charge on any atom is -0.374 e. The van der Waals surface area contributed by atoms with E-state index in [2.05, 4.69) is 0 Å². The summed E-state index contributed by atoms with van der Waals surface area (Å²) >= 11 is 0. The predicted molar refractivity (Wildman–Crippen MR) is 99.7 cm³/mol. The van der Waals surface area contributed by atoms with Crippen LogP contribution in [-0.4, -0.2) is 48.2 Å². The molecule has 3 atom stereocenters. The van der Waals surface area contributed by atoms with Crippen LogP contribution in [0.5, 0.6) is 0 Å². The molecular weight excluding hydrogens is 366 g/mol. The summed E-state index contributed by atoms with van der Waals surface area (Å²) in [6.45, 7) is 1.12. The zero-order chi connectivity index (χ0) is 20.1. The quantitative estimate of drug-likeness (QED) is 0.693. The molecule has 8 heteroatoms. The van der Waals surface area contributed by atoms with E-state index in [4.69, 9.17) is 21.3 Å². The first-order chi connectivity index (χ1) is 13.3. The molecule has 1 aromatic rings. The molecule has 0 radical (unpaired) electrons. The number of carbonyl (C=O) groups is 1. The molecular formula is C20H22F2N4O2. The largest absolute Gasteiger partial charge is 0.374 e. The molecule has 2 aliphatic carbocycles. The second-order valence-electron chi connectivity index (χ2n) is 7.72. The SMILES string of the molecule is N=C(/C=C1\C(=N)[C@@]2([C@H]3CN(C(N)=O)CCO3)CC[C@@H]1C2)c1c(F)cccc1F. The van der Waals surface area contributed by atoms with Gasteiger partial charge in [-0.25, -0.2) is 13.6 Å². The van der Waals surface area contributed by atoms with Crippen molar-refractivity contribution >= 4 is 17.5 Å². The fraction of sp³-hybridized carbons (Fsp3) is 0.450. The van der Waals surface area contributed by atoms with E-state index in [1.807, 2.05) is 0 Å². The summed E-state index contributed by atoms with van der Waals surface area (Å²) < 4.78 is 33.9. The van der Waals surface area contributed by atoms with Gasteiger partial charge in [-0.1, -0.05) is 6.07 Å². The van der Waals surface area contributed by atoms with Crippen LogP contribution in [0.25, 0.3) is 0 Å². The van der Waals surface area contributed by atoms with Crippen molar-refractivity contribution in [1.82, 2.24) is 4.90 Å². The Hall–Kier alpha value is -2.61. The number of morpholine rings is 1. The summed E-state index contributed by atoms with van der Waals surface area (Å²) in [5, 5.41) is 16.9. The van der Waals surface area contributed by atoms with Gasteiger partial charge in [-0.05, 0) is 49.0 Å². The number of nitrogens with one attached hydrogen (secondary N) is 2. The lowest BCUT2D eigenvalue weighted by Crippen LogP contribution is -2.54. The van der Waals surface area contributed by atoms with Crippen LogP contribution in [-0.2, 0) is 4.74 Å². The van der Waals surface area contributed by atoms with Gasteiger partial charge in [-0.15, -0.1) is 0 Å². The Balaban J connectivity index is 1.62. The van der Waals surface area contributed by atoms with E-state index >= 15 is 0 Å². The van der Waals surface area contributed by atoms with Gasteiger partial charge in [-0.3, -0.25) is 0 Å². The number of ether oxygens (including phenoxy) is 1. The molecule has 4 N–H and O–H groups in total. The second kappa shape index (κ2) is 6.77. The molecule has 3 fully saturated rings. The highest BCUT2D eigenvalue weighted by atomic mass is 19.1. The summed E-state index contributed by atoms with van der Waals surface area (Å²) in [7, 11) is 0. The van der Waals surface area contributed by atoms with Crippen LogP contribution in [0.2, 0.25) is 0 Å². The summed E-state index contributed by atoms with van der Waals surface area (Å²) in [6, 6.07) is 2.99. The van der Waals surface area contributed by atoms with Gasteiger partial charge in [0.25, 0.3) is 0 Å². The van der Waals surface area contributed by atoms with Crippen LogP contribution >= 0.6 is 0 Å². The third-order valence-electron chi connectivity index (χ3n) is 6.30. The number of nitrogens with two attached hydrogens (primary N) is 1. The molecule has 2 amide bonds. The molecule has 6 nitrogen and oxygen atoms in total. The molecule has 2 bridgehead atoms. The van der Waals surface area contributed by atoms with Crippen molar-refractivity contribution in [2.45, 2.75) is 25.4 Å². The van der Waals surface area contributed by atoms with E-state index < -0.39 is 23.1 Å². The van der Waals surface area contributed by atoms with E-state index in [-0.39, 0.29) is 23.3 Å². The summed E-state index contributed by atoms with van der Waals surface area (Å²) in [5.41, 5.74) is 5.20. The van der Waals surface area contributed by atoms with Gasteiger partial charge in [0.2, 0.25) is 0 Å². The van der Waals surface area contributed by atoms with Crippen molar-refractivity contribution < 1.29 is 18.3 Å². The van der Waals surface area contributed by atoms with Crippen molar-refractivity contribution in [1.29, 1.82) is 10.8 Å². The van der Waals surface area contributed by atoms with Crippen molar-refractivity contribution in [2.24, 2.45) is 17.1 Å². The fourth-order valence-corrected chi connectivity index (χ4v) is 4.87. The van der Waals surface area contributed by atoms with Crippen LogP contribution in [0.4, 0.5) is 13.6 Å². The predicted octanol–water partition coefficient (Wildman–Crippen LogP) is 2.86. The Kier molecular flexibility index (Phi) is 4.53. The number of nitrogens with zero attached hydrogens (tertiary/aromatic N) is 1. The molecule has 0 spiro atoms. The van der Waals surface area contributed by atoms with Gasteiger partial charge >= 0.3 is 6.03 Å². The Labute approximate surface area is 161 Å². The van der Waals surface area contributed by atoms with E-state index in [1.165, 1.54) is 17.0 Å².